The van der Waals surface area contributed by atoms with Crippen LogP contribution in [-0.4, -0.2) is 24.7 Å². The van der Waals surface area contributed by atoms with Crippen molar-refractivity contribution in [1.82, 2.24) is 5.32 Å². The van der Waals surface area contributed by atoms with Crippen LogP contribution in [0.1, 0.15) is 30.1 Å². The zero-order valence-corrected chi connectivity index (χ0v) is 11.7. The molecule has 98 valence electrons. The minimum absolute atomic E-state index is 0.205. The third-order valence-electron chi connectivity index (χ3n) is 3.03. The highest BCUT2D eigenvalue weighted by Crippen LogP contribution is 2.21. The van der Waals surface area contributed by atoms with E-state index in [0.29, 0.717) is 16.6 Å². The highest BCUT2D eigenvalue weighted by Gasteiger charge is 2.29. The van der Waals surface area contributed by atoms with Gasteiger partial charge in [-0.05, 0) is 53.9 Å². The van der Waals surface area contributed by atoms with E-state index < -0.39 is 0 Å². The number of ether oxygens (including phenoxy) is 1. The van der Waals surface area contributed by atoms with E-state index >= 15 is 0 Å². The highest BCUT2D eigenvalue weighted by molar-refractivity contribution is 9.10. The van der Waals surface area contributed by atoms with Crippen molar-refractivity contribution in [3.63, 3.8) is 0 Å². The van der Waals surface area contributed by atoms with Gasteiger partial charge >= 0.3 is 0 Å². The lowest BCUT2D eigenvalue weighted by atomic mass is 9.94. The standard InChI is InChI=1S/C13H15BrFNO2/c1-13(5-2-6-18-8-13)16-12(17)9-3-4-11(15)10(14)7-9/h3-4,7H,2,5-6,8H2,1H3,(H,16,17). The maximum Gasteiger partial charge on any atom is 0.251 e. The van der Waals surface area contributed by atoms with Gasteiger partial charge in [-0.2, -0.15) is 0 Å². The molecule has 1 saturated heterocycles. The van der Waals surface area contributed by atoms with Crippen molar-refractivity contribution in [2.45, 2.75) is 25.3 Å². The Morgan fingerprint density at radius 3 is 2.94 bits per heavy atom. The van der Waals surface area contributed by atoms with E-state index in [2.05, 4.69) is 21.2 Å². The largest absolute Gasteiger partial charge is 0.379 e. The van der Waals surface area contributed by atoms with E-state index in [0.717, 1.165) is 19.4 Å². The average Bonchev–Trinajstić information content (AvgIpc) is 2.33. The zero-order chi connectivity index (χ0) is 13.2. The molecule has 1 aromatic carbocycles. The number of amides is 1. The third kappa shape index (κ3) is 3.09. The van der Waals surface area contributed by atoms with Gasteiger partial charge in [0, 0.05) is 12.2 Å². The summed E-state index contributed by atoms with van der Waals surface area (Å²) in [4.78, 5) is 12.1. The number of hydrogen-bond acceptors (Lipinski definition) is 2. The molecule has 0 radical (unpaired) electrons. The van der Waals surface area contributed by atoms with Gasteiger partial charge in [0.15, 0.2) is 0 Å². The molecule has 1 aliphatic rings. The summed E-state index contributed by atoms with van der Waals surface area (Å²) in [7, 11) is 0. The van der Waals surface area contributed by atoms with Crippen LogP contribution in [0.2, 0.25) is 0 Å². The van der Waals surface area contributed by atoms with Crippen molar-refractivity contribution in [1.29, 1.82) is 0 Å². The molecular formula is C13H15BrFNO2. The van der Waals surface area contributed by atoms with Gasteiger partial charge in [-0.1, -0.05) is 0 Å². The molecule has 3 nitrogen and oxygen atoms in total. The molecule has 1 amide bonds. The van der Waals surface area contributed by atoms with E-state index in [1.807, 2.05) is 6.92 Å². The lowest BCUT2D eigenvalue weighted by Crippen LogP contribution is -2.51. The van der Waals surface area contributed by atoms with E-state index in [1.165, 1.54) is 18.2 Å². The topological polar surface area (TPSA) is 38.3 Å². The van der Waals surface area contributed by atoms with Gasteiger partial charge in [-0.15, -0.1) is 0 Å². The molecule has 1 aromatic rings. The number of benzene rings is 1. The van der Waals surface area contributed by atoms with Crippen molar-refractivity contribution in [3.05, 3.63) is 34.1 Å². The Hall–Kier alpha value is -0.940. The smallest absolute Gasteiger partial charge is 0.251 e. The van der Waals surface area contributed by atoms with Gasteiger partial charge in [0.25, 0.3) is 5.91 Å². The van der Waals surface area contributed by atoms with E-state index in [1.54, 1.807) is 0 Å². The van der Waals surface area contributed by atoms with Crippen LogP contribution in [0, 0.1) is 5.82 Å². The Morgan fingerprint density at radius 2 is 2.33 bits per heavy atom. The minimum Gasteiger partial charge on any atom is -0.379 e. The molecule has 5 heteroatoms. The number of halogens is 2. The fraction of sp³-hybridized carbons (Fsp3) is 0.462. The van der Waals surface area contributed by atoms with Crippen molar-refractivity contribution in [3.8, 4) is 0 Å². The van der Waals surface area contributed by atoms with Crippen LogP contribution in [0.4, 0.5) is 4.39 Å². The highest BCUT2D eigenvalue weighted by atomic mass is 79.9. The first-order valence-electron chi connectivity index (χ1n) is 5.85. The van der Waals surface area contributed by atoms with E-state index in [9.17, 15) is 9.18 Å². The zero-order valence-electron chi connectivity index (χ0n) is 10.1. The first-order valence-corrected chi connectivity index (χ1v) is 6.65. The predicted octanol–water partition coefficient (Wildman–Crippen LogP) is 2.89. The lowest BCUT2D eigenvalue weighted by molar-refractivity contribution is 0.0272. The van der Waals surface area contributed by atoms with Gasteiger partial charge in [0.1, 0.15) is 5.82 Å². The van der Waals surface area contributed by atoms with Crippen molar-refractivity contribution in [2.75, 3.05) is 13.2 Å². The minimum atomic E-state index is -0.376. The molecule has 18 heavy (non-hydrogen) atoms. The predicted molar refractivity (Wildman–Crippen MR) is 70.0 cm³/mol. The molecular weight excluding hydrogens is 301 g/mol. The second-order valence-electron chi connectivity index (χ2n) is 4.80. The van der Waals surface area contributed by atoms with Crippen LogP contribution in [0.25, 0.3) is 0 Å². The Balaban J connectivity index is 2.09. The third-order valence-corrected chi connectivity index (χ3v) is 3.64. The SMILES string of the molecule is CC1(NC(=O)c2ccc(F)c(Br)c2)CCCOC1. The summed E-state index contributed by atoms with van der Waals surface area (Å²) in [5, 5.41) is 2.95. The number of carbonyl (C=O) groups excluding carboxylic acids is 1. The molecule has 2 rings (SSSR count). The summed E-state index contributed by atoms with van der Waals surface area (Å²) in [6.45, 7) is 3.22. The molecule has 0 aliphatic carbocycles. The molecule has 1 unspecified atom stereocenters. The normalized spacial score (nSPS) is 23.7. The molecule has 1 fully saturated rings. The first kappa shape index (κ1) is 13.5. The summed E-state index contributed by atoms with van der Waals surface area (Å²) in [5.41, 5.74) is 0.103. The second kappa shape index (κ2) is 5.36. The van der Waals surface area contributed by atoms with E-state index in [4.69, 9.17) is 4.74 Å². The average molecular weight is 316 g/mol. The molecule has 1 heterocycles. The Kier molecular flexibility index (Phi) is 4.02. The van der Waals surface area contributed by atoms with Crippen LogP contribution in [0.3, 0.4) is 0 Å². The van der Waals surface area contributed by atoms with Crippen LogP contribution in [0.5, 0.6) is 0 Å². The Bertz CT molecular complexity index is 458. The second-order valence-corrected chi connectivity index (χ2v) is 5.65. The molecule has 0 aromatic heterocycles. The summed E-state index contributed by atoms with van der Waals surface area (Å²) in [5.74, 6) is -0.581. The monoisotopic (exact) mass is 315 g/mol. The maximum absolute atomic E-state index is 13.1. The Labute approximate surface area is 114 Å². The fourth-order valence-electron chi connectivity index (χ4n) is 2.02. The van der Waals surface area contributed by atoms with Crippen LogP contribution in [0.15, 0.2) is 22.7 Å². The molecule has 0 spiro atoms. The number of carbonyl (C=O) groups is 1. The molecule has 1 aliphatic heterocycles. The van der Waals surface area contributed by atoms with Crippen LogP contribution < -0.4 is 5.32 Å². The van der Waals surface area contributed by atoms with Gasteiger partial charge in [-0.25, -0.2) is 4.39 Å². The maximum atomic E-state index is 13.1. The molecule has 0 bridgehead atoms. The van der Waals surface area contributed by atoms with Crippen LogP contribution in [-0.2, 0) is 4.74 Å². The number of rotatable bonds is 2. The van der Waals surface area contributed by atoms with Gasteiger partial charge in [-0.3, -0.25) is 4.79 Å². The molecule has 1 N–H and O–H groups in total. The van der Waals surface area contributed by atoms with Gasteiger partial charge < -0.3 is 10.1 Å². The quantitative estimate of drug-likeness (QED) is 0.911. The fourth-order valence-corrected chi connectivity index (χ4v) is 2.39. The van der Waals surface area contributed by atoms with E-state index in [-0.39, 0.29) is 17.3 Å². The summed E-state index contributed by atoms with van der Waals surface area (Å²) in [6, 6.07) is 4.24. The molecule has 0 saturated carbocycles. The number of hydrogen-bond donors (Lipinski definition) is 1. The van der Waals surface area contributed by atoms with Gasteiger partial charge in [0.05, 0.1) is 16.6 Å². The Morgan fingerprint density at radius 1 is 1.56 bits per heavy atom. The lowest BCUT2D eigenvalue weighted by Gasteiger charge is -2.34. The van der Waals surface area contributed by atoms with Crippen molar-refractivity contribution in [2.24, 2.45) is 0 Å². The summed E-state index contributed by atoms with van der Waals surface area (Å²) >= 11 is 3.07. The van der Waals surface area contributed by atoms with Crippen molar-refractivity contribution >= 4 is 21.8 Å². The van der Waals surface area contributed by atoms with Gasteiger partial charge in [0.2, 0.25) is 0 Å². The molecule has 1 atom stereocenters. The van der Waals surface area contributed by atoms with Crippen molar-refractivity contribution < 1.29 is 13.9 Å². The first-order chi connectivity index (χ1) is 8.50. The van der Waals surface area contributed by atoms with Crippen LogP contribution >= 0.6 is 15.9 Å². The summed E-state index contributed by atoms with van der Waals surface area (Å²) in [6.07, 6.45) is 1.82. The number of nitrogens with one attached hydrogen (secondary N) is 1. The summed E-state index contributed by atoms with van der Waals surface area (Å²) < 4.78 is 18.8.